The van der Waals surface area contributed by atoms with Crippen molar-refractivity contribution in [2.75, 3.05) is 12.2 Å². The van der Waals surface area contributed by atoms with Crippen LogP contribution in [-0.4, -0.2) is 24.3 Å². The van der Waals surface area contributed by atoms with Crippen molar-refractivity contribution in [1.82, 2.24) is 0 Å². The molecule has 2 aromatic carbocycles. The van der Waals surface area contributed by atoms with Crippen LogP contribution in [-0.2, 0) is 11.2 Å². The molecule has 0 spiro atoms. The molecular weight excluding hydrogens is 280 g/mol. The molecule has 0 aromatic heterocycles. The quantitative estimate of drug-likeness (QED) is 0.834. The number of hydroxylamine groups is 1. The van der Waals surface area contributed by atoms with E-state index in [0.29, 0.717) is 17.2 Å². The average molecular weight is 298 g/mol. The van der Waals surface area contributed by atoms with Crippen LogP contribution in [0.25, 0.3) is 11.1 Å². The van der Waals surface area contributed by atoms with Gasteiger partial charge in [0.2, 0.25) is 0 Å². The van der Waals surface area contributed by atoms with Gasteiger partial charge < -0.3 is 10.5 Å². The number of anilines is 1. The third-order valence-electron chi connectivity index (χ3n) is 4.01. The van der Waals surface area contributed by atoms with Gasteiger partial charge in [0.15, 0.2) is 0 Å². The second kappa shape index (κ2) is 5.44. The molecule has 1 amide bonds. The third-order valence-corrected chi connectivity index (χ3v) is 4.01. The second-order valence-electron chi connectivity index (χ2n) is 5.49. The zero-order chi connectivity index (χ0) is 15.9. The highest BCUT2D eigenvalue weighted by atomic mass is 16.5. The summed E-state index contributed by atoms with van der Waals surface area (Å²) in [5.74, 6) is 0.349. The molecule has 5 nitrogen and oxygen atoms in total. The number of hydrogen-bond donors (Lipinski definition) is 2. The minimum Gasteiger partial charge on any atom is -0.496 e. The summed E-state index contributed by atoms with van der Waals surface area (Å²) in [7, 11) is 1.64. The third kappa shape index (κ3) is 2.34. The molecule has 1 unspecified atom stereocenters. The van der Waals surface area contributed by atoms with Crippen molar-refractivity contribution in [3.8, 4) is 16.9 Å². The van der Waals surface area contributed by atoms with Crippen molar-refractivity contribution in [3.05, 3.63) is 47.5 Å². The van der Waals surface area contributed by atoms with Crippen molar-refractivity contribution in [1.29, 1.82) is 0 Å². The van der Waals surface area contributed by atoms with E-state index in [2.05, 4.69) is 0 Å². The zero-order valence-electron chi connectivity index (χ0n) is 12.5. The predicted octanol–water partition coefficient (Wildman–Crippen LogP) is 2.28. The van der Waals surface area contributed by atoms with Crippen LogP contribution in [0.4, 0.5) is 5.69 Å². The molecule has 114 valence electrons. The monoisotopic (exact) mass is 298 g/mol. The number of fused-ring (bicyclic) bond motifs is 1. The Kier molecular flexibility index (Phi) is 3.60. The minimum atomic E-state index is -0.688. The smallest absolute Gasteiger partial charge is 0.267 e. The van der Waals surface area contributed by atoms with E-state index in [0.717, 1.165) is 28.0 Å². The van der Waals surface area contributed by atoms with Gasteiger partial charge in [-0.3, -0.25) is 10.0 Å². The molecule has 3 N–H and O–H groups in total. The standard InChI is InChI=1S/C17H18N2O3/c1-10-7-11(5-6-16(10)22-2)12-3-4-13-8-14(18)17(20)19(21)15(13)9-12/h3-7,9,14,21H,8,18H2,1-2H3. The van der Waals surface area contributed by atoms with Crippen molar-refractivity contribution in [3.63, 3.8) is 0 Å². The van der Waals surface area contributed by atoms with Gasteiger partial charge in [-0.25, -0.2) is 0 Å². The number of nitrogens with two attached hydrogens (primary N) is 1. The SMILES string of the molecule is COc1ccc(-c2ccc3c(c2)N(O)C(=O)C(N)C3)cc1C. The second-order valence-corrected chi connectivity index (χ2v) is 5.49. The number of carbonyl (C=O) groups excluding carboxylic acids is 1. The molecule has 5 heteroatoms. The summed E-state index contributed by atoms with van der Waals surface area (Å²) in [5.41, 5.74) is 10.0. The van der Waals surface area contributed by atoms with Gasteiger partial charge in [0.1, 0.15) is 5.75 Å². The summed E-state index contributed by atoms with van der Waals surface area (Å²) < 4.78 is 5.26. The van der Waals surface area contributed by atoms with E-state index in [1.54, 1.807) is 13.2 Å². The molecule has 1 aliphatic heterocycles. The maximum Gasteiger partial charge on any atom is 0.267 e. The highest BCUT2D eigenvalue weighted by Gasteiger charge is 2.29. The summed E-state index contributed by atoms with van der Waals surface area (Å²) >= 11 is 0. The lowest BCUT2D eigenvalue weighted by molar-refractivity contribution is -0.125. The van der Waals surface area contributed by atoms with Gasteiger partial charge in [0.05, 0.1) is 18.8 Å². The zero-order valence-corrected chi connectivity index (χ0v) is 12.5. The predicted molar refractivity (Wildman–Crippen MR) is 84.1 cm³/mol. The lowest BCUT2D eigenvalue weighted by atomic mass is 9.95. The van der Waals surface area contributed by atoms with E-state index in [-0.39, 0.29) is 0 Å². The molecule has 0 fully saturated rings. The van der Waals surface area contributed by atoms with E-state index < -0.39 is 11.9 Å². The molecular formula is C17H18N2O3. The fourth-order valence-corrected chi connectivity index (χ4v) is 2.77. The van der Waals surface area contributed by atoms with Crippen LogP contribution in [0.2, 0.25) is 0 Å². The molecule has 0 aliphatic carbocycles. The summed E-state index contributed by atoms with van der Waals surface area (Å²) in [6.07, 6.45) is 0.438. The van der Waals surface area contributed by atoms with Gasteiger partial charge >= 0.3 is 0 Å². The van der Waals surface area contributed by atoms with Crippen molar-refractivity contribution in [2.45, 2.75) is 19.4 Å². The van der Waals surface area contributed by atoms with Crippen LogP contribution in [0.3, 0.4) is 0 Å². The molecule has 1 atom stereocenters. The Morgan fingerprint density at radius 3 is 2.59 bits per heavy atom. The first-order valence-electron chi connectivity index (χ1n) is 7.07. The number of nitrogens with zero attached hydrogens (tertiary/aromatic N) is 1. The Hall–Kier alpha value is -2.37. The normalized spacial score (nSPS) is 17.4. The van der Waals surface area contributed by atoms with Gasteiger partial charge in [-0.05, 0) is 53.8 Å². The topological polar surface area (TPSA) is 75.8 Å². The van der Waals surface area contributed by atoms with Gasteiger partial charge in [-0.2, -0.15) is 5.06 Å². The molecule has 0 radical (unpaired) electrons. The summed E-state index contributed by atoms with van der Waals surface area (Å²) in [6.45, 7) is 1.97. The van der Waals surface area contributed by atoms with Gasteiger partial charge in [-0.1, -0.05) is 18.2 Å². The number of rotatable bonds is 2. The number of ether oxygens (including phenoxy) is 1. The first kappa shape index (κ1) is 14.6. The Bertz CT molecular complexity index is 743. The first-order chi connectivity index (χ1) is 10.5. The maximum absolute atomic E-state index is 11.8. The maximum atomic E-state index is 11.8. The molecule has 1 aliphatic rings. The number of methoxy groups -OCH3 is 1. The molecule has 0 saturated carbocycles. The first-order valence-corrected chi connectivity index (χ1v) is 7.07. The van der Waals surface area contributed by atoms with Crippen LogP contribution in [0.5, 0.6) is 5.75 Å². The number of benzene rings is 2. The van der Waals surface area contributed by atoms with E-state index in [1.807, 2.05) is 37.3 Å². The minimum absolute atomic E-state index is 0.438. The molecule has 3 rings (SSSR count). The fourth-order valence-electron chi connectivity index (χ4n) is 2.77. The van der Waals surface area contributed by atoms with E-state index in [4.69, 9.17) is 10.5 Å². The van der Waals surface area contributed by atoms with Gasteiger partial charge in [0.25, 0.3) is 5.91 Å². The lowest BCUT2D eigenvalue weighted by Crippen LogP contribution is -2.47. The molecule has 0 bridgehead atoms. The van der Waals surface area contributed by atoms with Crippen molar-refractivity contribution >= 4 is 11.6 Å². The number of aryl methyl sites for hydroxylation is 1. The van der Waals surface area contributed by atoms with E-state index >= 15 is 0 Å². The molecule has 0 saturated heterocycles. The molecule has 22 heavy (non-hydrogen) atoms. The van der Waals surface area contributed by atoms with Crippen LogP contribution in [0.15, 0.2) is 36.4 Å². The summed E-state index contributed by atoms with van der Waals surface area (Å²) in [4.78, 5) is 11.8. The highest BCUT2D eigenvalue weighted by molar-refractivity contribution is 5.98. The van der Waals surface area contributed by atoms with Crippen LogP contribution in [0.1, 0.15) is 11.1 Å². The van der Waals surface area contributed by atoms with Gasteiger partial charge in [0, 0.05) is 0 Å². The molecule has 1 heterocycles. The van der Waals surface area contributed by atoms with Crippen LogP contribution in [0, 0.1) is 6.92 Å². The Balaban J connectivity index is 2.04. The highest BCUT2D eigenvalue weighted by Crippen LogP contribution is 2.33. The van der Waals surface area contributed by atoms with Gasteiger partial charge in [-0.15, -0.1) is 0 Å². The number of hydrogen-bond acceptors (Lipinski definition) is 4. The lowest BCUT2D eigenvalue weighted by Gasteiger charge is -2.28. The van der Waals surface area contributed by atoms with Crippen molar-refractivity contribution < 1.29 is 14.7 Å². The average Bonchev–Trinajstić information content (AvgIpc) is 2.52. The Morgan fingerprint density at radius 2 is 1.91 bits per heavy atom. The summed E-state index contributed by atoms with van der Waals surface area (Å²) in [5, 5.41) is 10.6. The van der Waals surface area contributed by atoms with E-state index in [9.17, 15) is 10.0 Å². The largest absolute Gasteiger partial charge is 0.496 e. The summed E-state index contributed by atoms with van der Waals surface area (Å²) in [6, 6.07) is 10.9. The number of amides is 1. The Labute approximate surface area is 128 Å². The van der Waals surface area contributed by atoms with E-state index in [1.165, 1.54) is 0 Å². The number of carbonyl (C=O) groups is 1. The van der Waals surface area contributed by atoms with Crippen molar-refractivity contribution in [2.24, 2.45) is 5.73 Å². The van der Waals surface area contributed by atoms with Crippen LogP contribution >= 0.6 is 0 Å². The Morgan fingerprint density at radius 1 is 1.23 bits per heavy atom. The van der Waals surface area contributed by atoms with Crippen LogP contribution < -0.4 is 15.5 Å². The molecule has 2 aromatic rings. The fraction of sp³-hybridized carbons (Fsp3) is 0.235.